The third-order valence-corrected chi connectivity index (χ3v) is 4.66. The number of carboxylic acid groups (broad SMARTS) is 1. The maximum Gasteiger partial charge on any atom is 0.305 e. The number of benzene rings is 2. The Morgan fingerprint density at radius 3 is 2.31 bits per heavy atom. The molecule has 2 N–H and O–H groups in total. The van der Waals surface area contributed by atoms with Gasteiger partial charge in [0.1, 0.15) is 5.25 Å². The van der Waals surface area contributed by atoms with E-state index in [2.05, 4.69) is 10.4 Å². The van der Waals surface area contributed by atoms with Gasteiger partial charge in [-0.05, 0) is 24.3 Å². The standard InChI is InChI=1S/C18H15N3O4S/c22-15(23)11-14-17(25)21(20-16(24)12-7-3-1-4-8-12)18(26-14)19-13-9-5-2-6-10-13/h1-10,14H,11H2,(H,20,24)(H,22,23). The van der Waals surface area contributed by atoms with Crippen LogP contribution in [0.25, 0.3) is 0 Å². The molecule has 8 heteroatoms. The minimum Gasteiger partial charge on any atom is -0.481 e. The molecule has 26 heavy (non-hydrogen) atoms. The van der Waals surface area contributed by atoms with E-state index in [1.165, 1.54) is 0 Å². The number of para-hydroxylation sites is 1. The molecule has 1 unspecified atom stereocenters. The molecule has 1 aliphatic heterocycles. The summed E-state index contributed by atoms with van der Waals surface area (Å²) in [5.41, 5.74) is 3.49. The Labute approximate surface area is 153 Å². The maximum absolute atomic E-state index is 12.6. The maximum atomic E-state index is 12.6. The van der Waals surface area contributed by atoms with Crippen LogP contribution in [0.15, 0.2) is 65.7 Å². The first-order valence-electron chi connectivity index (χ1n) is 7.77. The van der Waals surface area contributed by atoms with E-state index < -0.39 is 23.0 Å². The van der Waals surface area contributed by atoms with Crippen molar-refractivity contribution in [3.63, 3.8) is 0 Å². The molecule has 1 atom stereocenters. The first kappa shape index (κ1) is 17.7. The van der Waals surface area contributed by atoms with Crippen molar-refractivity contribution in [2.45, 2.75) is 11.7 Å². The van der Waals surface area contributed by atoms with Gasteiger partial charge in [0.05, 0.1) is 12.1 Å². The normalized spacial score (nSPS) is 18.2. The van der Waals surface area contributed by atoms with E-state index in [1.807, 2.05) is 6.07 Å². The van der Waals surface area contributed by atoms with Gasteiger partial charge in [-0.1, -0.05) is 48.2 Å². The van der Waals surface area contributed by atoms with E-state index in [4.69, 9.17) is 5.11 Å². The van der Waals surface area contributed by atoms with Gasteiger partial charge in [-0.15, -0.1) is 0 Å². The minimum atomic E-state index is -1.09. The number of carboxylic acids is 1. The fourth-order valence-electron chi connectivity index (χ4n) is 2.30. The molecule has 132 valence electrons. The Morgan fingerprint density at radius 2 is 1.69 bits per heavy atom. The number of aliphatic carboxylic acids is 1. The summed E-state index contributed by atoms with van der Waals surface area (Å²) >= 11 is 1.02. The van der Waals surface area contributed by atoms with E-state index in [-0.39, 0.29) is 11.6 Å². The Balaban J connectivity index is 1.87. The summed E-state index contributed by atoms with van der Waals surface area (Å²) < 4.78 is 0. The molecule has 1 saturated heterocycles. The number of hydrazine groups is 1. The van der Waals surface area contributed by atoms with E-state index in [9.17, 15) is 14.4 Å². The molecule has 3 rings (SSSR count). The minimum absolute atomic E-state index is 0.233. The van der Waals surface area contributed by atoms with Gasteiger partial charge >= 0.3 is 5.97 Å². The van der Waals surface area contributed by atoms with Crippen LogP contribution in [0.5, 0.6) is 0 Å². The molecule has 0 aliphatic carbocycles. The van der Waals surface area contributed by atoms with Crippen molar-refractivity contribution in [2.75, 3.05) is 0 Å². The molecule has 2 amide bonds. The second-order valence-corrected chi connectivity index (χ2v) is 6.58. The third kappa shape index (κ3) is 4.09. The summed E-state index contributed by atoms with van der Waals surface area (Å²) in [4.78, 5) is 40.3. The number of hydrogen-bond donors (Lipinski definition) is 2. The Kier molecular flexibility index (Phi) is 5.33. The molecule has 0 bridgehead atoms. The number of amidine groups is 1. The summed E-state index contributed by atoms with van der Waals surface area (Å²) in [6, 6.07) is 17.4. The zero-order valence-electron chi connectivity index (χ0n) is 13.5. The number of aliphatic imine (C=N–C) groups is 1. The molecule has 0 spiro atoms. The van der Waals surface area contributed by atoms with Crippen molar-refractivity contribution in [3.8, 4) is 0 Å². The van der Waals surface area contributed by atoms with Gasteiger partial charge < -0.3 is 5.11 Å². The number of thioether (sulfide) groups is 1. The lowest BCUT2D eigenvalue weighted by Crippen LogP contribution is -2.46. The molecule has 1 aliphatic rings. The lowest BCUT2D eigenvalue weighted by molar-refractivity contribution is -0.139. The van der Waals surface area contributed by atoms with Crippen LogP contribution < -0.4 is 5.43 Å². The van der Waals surface area contributed by atoms with Crippen LogP contribution in [-0.2, 0) is 9.59 Å². The summed E-state index contributed by atoms with van der Waals surface area (Å²) in [6.45, 7) is 0. The number of nitrogens with zero attached hydrogens (tertiary/aromatic N) is 2. The summed E-state index contributed by atoms with van der Waals surface area (Å²) in [7, 11) is 0. The van der Waals surface area contributed by atoms with Crippen LogP contribution in [0.2, 0.25) is 0 Å². The van der Waals surface area contributed by atoms with E-state index in [0.29, 0.717) is 11.3 Å². The zero-order chi connectivity index (χ0) is 18.5. The predicted molar refractivity (Wildman–Crippen MR) is 97.9 cm³/mol. The average molecular weight is 369 g/mol. The highest BCUT2D eigenvalue weighted by molar-refractivity contribution is 8.15. The number of carbonyl (C=O) groups is 3. The van der Waals surface area contributed by atoms with Gasteiger partial charge in [0.25, 0.3) is 11.8 Å². The van der Waals surface area contributed by atoms with E-state index >= 15 is 0 Å². The van der Waals surface area contributed by atoms with Crippen molar-refractivity contribution < 1.29 is 19.5 Å². The quantitative estimate of drug-likeness (QED) is 0.843. The first-order chi connectivity index (χ1) is 12.5. The van der Waals surface area contributed by atoms with Crippen LogP contribution in [0, 0.1) is 0 Å². The topological polar surface area (TPSA) is 99.1 Å². The Bertz CT molecular complexity index is 855. The van der Waals surface area contributed by atoms with E-state index in [0.717, 1.165) is 16.8 Å². The third-order valence-electron chi connectivity index (χ3n) is 3.53. The number of carbonyl (C=O) groups excluding carboxylic acids is 2. The second-order valence-electron chi connectivity index (χ2n) is 5.41. The zero-order valence-corrected chi connectivity index (χ0v) is 14.3. The van der Waals surface area contributed by atoms with Gasteiger partial charge in [-0.25, -0.2) is 4.99 Å². The monoisotopic (exact) mass is 369 g/mol. The molecule has 1 fully saturated rings. The van der Waals surface area contributed by atoms with Crippen LogP contribution >= 0.6 is 11.8 Å². The molecule has 0 radical (unpaired) electrons. The van der Waals surface area contributed by atoms with Gasteiger partial charge in [0, 0.05) is 5.56 Å². The van der Waals surface area contributed by atoms with Crippen molar-refractivity contribution in [1.29, 1.82) is 0 Å². The average Bonchev–Trinajstić information content (AvgIpc) is 2.91. The van der Waals surface area contributed by atoms with Crippen molar-refractivity contribution >= 4 is 40.4 Å². The molecular formula is C18H15N3O4S. The summed E-state index contributed by atoms with van der Waals surface area (Å²) in [6.07, 6.45) is -0.352. The summed E-state index contributed by atoms with van der Waals surface area (Å²) in [5, 5.41) is 9.42. The van der Waals surface area contributed by atoms with Crippen LogP contribution in [0.4, 0.5) is 5.69 Å². The molecular weight excluding hydrogens is 354 g/mol. The Morgan fingerprint density at radius 1 is 1.08 bits per heavy atom. The highest BCUT2D eigenvalue weighted by Crippen LogP contribution is 2.30. The number of rotatable bonds is 5. The largest absolute Gasteiger partial charge is 0.481 e. The van der Waals surface area contributed by atoms with Crippen molar-refractivity contribution in [3.05, 3.63) is 66.2 Å². The summed E-state index contributed by atoms with van der Waals surface area (Å²) in [5.74, 6) is -2.08. The highest BCUT2D eigenvalue weighted by Gasteiger charge is 2.40. The van der Waals surface area contributed by atoms with Gasteiger partial charge in [-0.2, -0.15) is 5.01 Å². The van der Waals surface area contributed by atoms with Crippen LogP contribution in [-0.4, -0.2) is 38.3 Å². The van der Waals surface area contributed by atoms with Crippen molar-refractivity contribution in [1.82, 2.24) is 10.4 Å². The van der Waals surface area contributed by atoms with Crippen LogP contribution in [0.3, 0.4) is 0 Å². The fraction of sp³-hybridized carbons (Fsp3) is 0.111. The Hall–Kier alpha value is -3.13. The SMILES string of the molecule is O=C(O)CC1SC(=Nc2ccccc2)N(NC(=O)c2ccccc2)C1=O. The first-order valence-corrected chi connectivity index (χ1v) is 8.65. The van der Waals surface area contributed by atoms with Gasteiger partial charge in [0.2, 0.25) is 0 Å². The smallest absolute Gasteiger partial charge is 0.305 e. The molecule has 0 aromatic heterocycles. The lowest BCUT2D eigenvalue weighted by Gasteiger charge is -2.17. The fourth-order valence-corrected chi connectivity index (χ4v) is 3.39. The molecule has 7 nitrogen and oxygen atoms in total. The number of amides is 2. The van der Waals surface area contributed by atoms with Gasteiger partial charge in [-0.3, -0.25) is 19.8 Å². The van der Waals surface area contributed by atoms with Crippen molar-refractivity contribution in [2.24, 2.45) is 4.99 Å². The van der Waals surface area contributed by atoms with Crippen LogP contribution in [0.1, 0.15) is 16.8 Å². The molecule has 1 heterocycles. The number of nitrogens with one attached hydrogen (secondary N) is 1. The van der Waals surface area contributed by atoms with Gasteiger partial charge in [0.15, 0.2) is 5.17 Å². The second kappa shape index (κ2) is 7.83. The lowest BCUT2D eigenvalue weighted by atomic mass is 10.2. The molecule has 2 aromatic rings. The predicted octanol–water partition coefficient (Wildman–Crippen LogP) is 2.44. The highest BCUT2D eigenvalue weighted by atomic mass is 32.2. The molecule has 2 aromatic carbocycles. The molecule has 0 saturated carbocycles. The van der Waals surface area contributed by atoms with E-state index in [1.54, 1.807) is 54.6 Å². The number of hydrogen-bond acceptors (Lipinski definition) is 5.